The van der Waals surface area contributed by atoms with Crippen LogP contribution in [0.1, 0.15) is 34.9 Å². The zero-order chi connectivity index (χ0) is 18.9. The van der Waals surface area contributed by atoms with Gasteiger partial charge in [-0.1, -0.05) is 37.3 Å². The molecule has 2 N–H and O–H groups in total. The summed E-state index contributed by atoms with van der Waals surface area (Å²) in [4.78, 5) is 10.4. The summed E-state index contributed by atoms with van der Waals surface area (Å²) < 4.78 is 1.95. The topological polar surface area (TPSA) is 67.1 Å². The molecular formula is C20H26N6S. The van der Waals surface area contributed by atoms with Gasteiger partial charge in [-0.3, -0.25) is 4.68 Å². The quantitative estimate of drug-likeness (QED) is 0.464. The van der Waals surface area contributed by atoms with Crippen LogP contribution in [0.2, 0.25) is 0 Å². The van der Waals surface area contributed by atoms with E-state index in [1.165, 1.54) is 10.4 Å². The highest BCUT2D eigenvalue weighted by Gasteiger charge is 2.04. The first-order valence-corrected chi connectivity index (χ1v) is 10.1. The number of aryl methyl sites for hydroxylation is 1. The maximum Gasteiger partial charge on any atom is 0.191 e. The second-order valence-electron chi connectivity index (χ2n) is 6.15. The normalized spacial score (nSPS) is 11.6. The minimum Gasteiger partial charge on any atom is -0.357 e. The number of benzene rings is 1. The van der Waals surface area contributed by atoms with Gasteiger partial charge < -0.3 is 10.6 Å². The van der Waals surface area contributed by atoms with E-state index >= 15 is 0 Å². The largest absolute Gasteiger partial charge is 0.357 e. The van der Waals surface area contributed by atoms with Gasteiger partial charge in [0.25, 0.3) is 0 Å². The van der Waals surface area contributed by atoms with E-state index in [0.29, 0.717) is 13.1 Å². The molecule has 0 aliphatic rings. The Labute approximate surface area is 164 Å². The first-order chi connectivity index (χ1) is 13.3. The van der Waals surface area contributed by atoms with Crippen molar-refractivity contribution in [1.82, 2.24) is 25.4 Å². The molecule has 0 unspecified atom stereocenters. The lowest BCUT2D eigenvalue weighted by Gasteiger charge is -2.09. The molecule has 0 aliphatic heterocycles. The first kappa shape index (κ1) is 19.1. The number of nitrogens with zero attached hydrogens (tertiary/aromatic N) is 4. The minimum atomic E-state index is 0.586. The lowest BCUT2D eigenvalue weighted by atomic mass is 10.2. The van der Waals surface area contributed by atoms with Gasteiger partial charge in [0.15, 0.2) is 5.96 Å². The molecule has 2 heterocycles. The number of aliphatic imine (C=N–C) groups is 1. The molecule has 6 nitrogen and oxygen atoms in total. The van der Waals surface area contributed by atoms with Crippen LogP contribution in [0, 0.1) is 0 Å². The Morgan fingerprint density at radius 1 is 1.11 bits per heavy atom. The van der Waals surface area contributed by atoms with Gasteiger partial charge in [-0.15, -0.1) is 11.3 Å². The van der Waals surface area contributed by atoms with Crippen LogP contribution in [0.3, 0.4) is 0 Å². The summed E-state index contributed by atoms with van der Waals surface area (Å²) in [6.45, 7) is 7.07. The van der Waals surface area contributed by atoms with Crippen molar-refractivity contribution in [2.45, 2.75) is 39.9 Å². The third-order valence-corrected chi connectivity index (χ3v) is 5.14. The number of guanidine groups is 1. The third-order valence-electron chi connectivity index (χ3n) is 4.00. The van der Waals surface area contributed by atoms with Crippen LogP contribution in [-0.2, 0) is 26.1 Å². The van der Waals surface area contributed by atoms with Crippen LogP contribution in [0.4, 0.5) is 0 Å². The molecular weight excluding hydrogens is 356 g/mol. The molecule has 1 aromatic carbocycles. The van der Waals surface area contributed by atoms with E-state index in [2.05, 4.69) is 57.9 Å². The molecule has 3 rings (SSSR count). The Morgan fingerprint density at radius 3 is 2.70 bits per heavy atom. The average molecular weight is 383 g/mol. The molecule has 0 fully saturated rings. The van der Waals surface area contributed by atoms with Crippen molar-refractivity contribution in [2.24, 2.45) is 4.99 Å². The van der Waals surface area contributed by atoms with Crippen LogP contribution >= 0.6 is 11.3 Å². The van der Waals surface area contributed by atoms with Crippen LogP contribution in [0.5, 0.6) is 0 Å². The van der Waals surface area contributed by atoms with Gasteiger partial charge in [-0.25, -0.2) is 9.98 Å². The molecule has 0 saturated heterocycles. The van der Waals surface area contributed by atoms with Crippen molar-refractivity contribution >= 4 is 17.3 Å². The summed E-state index contributed by atoms with van der Waals surface area (Å²) >= 11 is 1.74. The molecule has 7 heteroatoms. The summed E-state index contributed by atoms with van der Waals surface area (Å²) in [7, 11) is 0. The highest BCUT2D eigenvalue weighted by atomic mass is 32.1. The first-order valence-electron chi connectivity index (χ1n) is 9.27. The molecule has 0 atom stereocenters. The molecule has 0 radical (unpaired) electrons. The lowest BCUT2D eigenvalue weighted by Crippen LogP contribution is -2.36. The van der Waals surface area contributed by atoms with E-state index in [4.69, 9.17) is 0 Å². The van der Waals surface area contributed by atoms with Crippen molar-refractivity contribution in [3.05, 3.63) is 69.9 Å². The number of aromatic nitrogens is 3. The number of nitrogens with one attached hydrogen (secondary N) is 2. The second-order valence-corrected chi connectivity index (χ2v) is 7.35. The fourth-order valence-electron chi connectivity index (χ4n) is 2.61. The third kappa shape index (κ3) is 5.92. The van der Waals surface area contributed by atoms with E-state index in [0.717, 1.165) is 36.0 Å². The number of hydrogen-bond acceptors (Lipinski definition) is 4. The zero-order valence-electron chi connectivity index (χ0n) is 15.9. The second kappa shape index (κ2) is 9.87. The van der Waals surface area contributed by atoms with Crippen LogP contribution < -0.4 is 10.6 Å². The SMILES string of the molecule is CCNC(=NCc1cnn(Cc2ccccc2)c1)NCc1ncc(CC)s1. The molecule has 3 aromatic rings. The number of rotatable bonds is 8. The minimum absolute atomic E-state index is 0.586. The van der Waals surface area contributed by atoms with Gasteiger partial charge in [0.05, 0.1) is 25.8 Å². The Balaban J connectivity index is 1.56. The van der Waals surface area contributed by atoms with Gasteiger partial charge >= 0.3 is 0 Å². The van der Waals surface area contributed by atoms with Gasteiger partial charge in [-0.05, 0) is 18.9 Å². The monoisotopic (exact) mass is 382 g/mol. The molecule has 0 saturated carbocycles. The zero-order valence-corrected chi connectivity index (χ0v) is 16.7. The van der Waals surface area contributed by atoms with Crippen molar-refractivity contribution in [3.63, 3.8) is 0 Å². The smallest absolute Gasteiger partial charge is 0.191 e. The highest BCUT2D eigenvalue weighted by Crippen LogP contribution is 2.12. The molecule has 0 spiro atoms. The maximum absolute atomic E-state index is 4.66. The Kier molecular flexibility index (Phi) is 6.98. The van der Waals surface area contributed by atoms with Crippen molar-refractivity contribution in [3.8, 4) is 0 Å². The highest BCUT2D eigenvalue weighted by molar-refractivity contribution is 7.11. The van der Waals surface area contributed by atoms with Gasteiger partial charge in [-0.2, -0.15) is 5.10 Å². The summed E-state index contributed by atoms with van der Waals surface area (Å²) in [5, 5.41) is 12.1. The van der Waals surface area contributed by atoms with Gasteiger partial charge in [0, 0.05) is 29.4 Å². The fraction of sp³-hybridized carbons (Fsp3) is 0.350. The molecule has 2 aromatic heterocycles. The van der Waals surface area contributed by atoms with E-state index in [1.54, 1.807) is 11.3 Å². The molecule has 0 amide bonds. The molecule has 0 aliphatic carbocycles. The summed E-state index contributed by atoms with van der Waals surface area (Å²) in [6, 6.07) is 10.3. The van der Waals surface area contributed by atoms with E-state index in [-0.39, 0.29) is 0 Å². The predicted molar refractivity (Wildman–Crippen MR) is 111 cm³/mol. The standard InChI is InChI=1S/C20H26N6S/c1-3-18-12-22-19(27-18)13-24-20(21-4-2)23-10-17-11-25-26(15-17)14-16-8-6-5-7-9-16/h5-9,11-12,15H,3-4,10,13-14H2,1-2H3,(H2,21,23,24). The van der Waals surface area contributed by atoms with E-state index in [1.807, 2.05) is 35.3 Å². The molecule has 142 valence electrons. The Bertz CT molecular complexity index is 852. The maximum atomic E-state index is 4.66. The average Bonchev–Trinajstić information content (AvgIpc) is 3.34. The van der Waals surface area contributed by atoms with Crippen molar-refractivity contribution in [2.75, 3.05) is 6.54 Å². The van der Waals surface area contributed by atoms with Crippen LogP contribution in [-0.4, -0.2) is 27.3 Å². The summed E-state index contributed by atoms with van der Waals surface area (Å²) in [6.07, 6.45) is 6.91. The summed E-state index contributed by atoms with van der Waals surface area (Å²) in [5.41, 5.74) is 2.33. The van der Waals surface area contributed by atoms with E-state index in [9.17, 15) is 0 Å². The van der Waals surface area contributed by atoms with Crippen LogP contribution in [0.25, 0.3) is 0 Å². The summed E-state index contributed by atoms with van der Waals surface area (Å²) in [5.74, 6) is 0.793. The van der Waals surface area contributed by atoms with Crippen molar-refractivity contribution in [1.29, 1.82) is 0 Å². The van der Waals surface area contributed by atoms with Crippen LogP contribution in [0.15, 0.2) is 53.9 Å². The molecule has 27 heavy (non-hydrogen) atoms. The Hall–Kier alpha value is -2.67. The van der Waals surface area contributed by atoms with Gasteiger partial charge in [0.1, 0.15) is 5.01 Å². The van der Waals surface area contributed by atoms with E-state index < -0.39 is 0 Å². The number of hydrogen-bond donors (Lipinski definition) is 2. The lowest BCUT2D eigenvalue weighted by molar-refractivity contribution is 0.686. The van der Waals surface area contributed by atoms with Crippen molar-refractivity contribution < 1.29 is 0 Å². The van der Waals surface area contributed by atoms with Gasteiger partial charge in [0.2, 0.25) is 0 Å². The molecule has 0 bridgehead atoms. The number of thiazole rings is 1. The Morgan fingerprint density at radius 2 is 1.96 bits per heavy atom. The predicted octanol–water partition coefficient (Wildman–Crippen LogP) is 3.21. The fourth-order valence-corrected chi connectivity index (χ4v) is 3.41.